The molecule has 0 spiro atoms. The Labute approximate surface area is 485 Å². The van der Waals surface area contributed by atoms with Crippen LogP contribution in [0.15, 0.2) is 278 Å². The molecule has 1 aliphatic carbocycles. The van der Waals surface area contributed by atoms with Crippen molar-refractivity contribution in [3.63, 3.8) is 0 Å². The molecule has 2 aliphatic rings. The molecule has 1 unspecified atom stereocenters. The first-order valence-corrected chi connectivity index (χ1v) is 28.1. The van der Waals surface area contributed by atoms with Crippen molar-refractivity contribution in [2.75, 3.05) is 4.90 Å². The zero-order chi connectivity index (χ0) is 56.1. The maximum atomic E-state index is 6.86. The molecular weight excluding hydrogens is 1030 g/mol. The van der Waals surface area contributed by atoms with Gasteiger partial charge in [0.15, 0.2) is 40.5 Å². The lowest BCUT2D eigenvalue weighted by atomic mass is 9.83. The first-order valence-electron chi connectivity index (χ1n) is 28.1. The highest BCUT2D eigenvalue weighted by Gasteiger charge is 2.41. The molecule has 5 heterocycles. The second kappa shape index (κ2) is 21.0. The van der Waals surface area contributed by atoms with Gasteiger partial charge in [0.1, 0.15) is 5.52 Å². The van der Waals surface area contributed by atoms with Crippen LogP contribution in [0.5, 0.6) is 0 Å². The summed E-state index contributed by atoms with van der Waals surface area (Å²) >= 11 is 0. The molecule has 13 aromatic rings. The van der Waals surface area contributed by atoms with Crippen LogP contribution in [0.4, 0.5) is 11.4 Å². The summed E-state index contributed by atoms with van der Waals surface area (Å²) in [5, 5.41) is 2.14. The second-order valence-corrected chi connectivity index (χ2v) is 20.9. The third kappa shape index (κ3) is 8.90. The van der Waals surface area contributed by atoms with Gasteiger partial charge in [-0.2, -0.15) is 0 Å². The van der Waals surface area contributed by atoms with E-state index in [1.807, 2.05) is 153 Å². The van der Waals surface area contributed by atoms with Crippen LogP contribution in [-0.2, 0) is 0 Å². The number of hydrogen-bond acceptors (Lipinski definition) is 9. The molecule has 0 saturated heterocycles. The molecule has 0 amide bonds. The van der Waals surface area contributed by atoms with Crippen LogP contribution < -0.4 is 4.90 Å². The number of para-hydroxylation sites is 1. The van der Waals surface area contributed by atoms with E-state index in [9.17, 15) is 0 Å². The van der Waals surface area contributed by atoms with Crippen LogP contribution in [0, 0.1) is 0 Å². The molecule has 84 heavy (non-hydrogen) atoms. The lowest BCUT2D eigenvalue weighted by Crippen LogP contribution is -2.32. The van der Waals surface area contributed by atoms with Crippen LogP contribution in [0.3, 0.4) is 0 Å². The number of anilines is 2. The zero-order valence-electron chi connectivity index (χ0n) is 45.7. The quantitative estimate of drug-likeness (QED) is 0.110. The van der Waals surface area contributed by atoms with Gasteiger partial charge in [-0.25, -0.2) is 34.9 Å². The molecule has 0 fully saturated rings. The first-order chi connectivity index (χ1) is 41.5. The Kier molecular flexibility index (Phi) is 12.5. The van der Waals surface area contributed by atoms with E-state index in [1.54, 1.807) is 0 Å². The molecule has 0 saturated carbocycles. The predicted molar refractivity (Wildman–Crippen MR) is 339 cm³/mol. The number of aromatic nitrogens is 8. The summed E-state index contributed by atoms with van der Waals surface area (Å²) in [6.45, 7) is 6.30. The lowest BCUT2D eigenvalue weighted by molar-refractivity contribution is 0.621. The van der Waals surface area contributed by atoms with E-state index in [0.29, 0.717) is 52.0 Å². The number of fused-ring (bicyclic) bond motifs is 8. The molecule has 0 radical (unpaired) electrons. The first kappa shape index (κ1) is 49.8. The van der Waals surface area contributed by atoms with E-state index < -0.39 is 0 Å². The molecule has 1 aliphatic heterocycles. The highest BCUT2D eigenvalue weighted by atomic mass is 16.3. The minimum atomic E-state index is -0.0491. The third-order valence-electron chi connectivity index (χ3n) is 15.8. The molecule has 0 N–H and O–H groups in total. The highest BCUT2D eigenvalue weighted by molar-refractivity contribution is 6.17. The minimum absolute atomic E-state index is 0.0491. The Balaban J connectivity index is 0.836. The normalized spacial score (nSPS) is 14.7. The standard InChI is InChI=1S/C74H51N9O/c1-3-4-9-21-47(2)68-76-69(48-22-10-5-11-23-48)78-72(77-68)51-34-39-55(40-35-51)82-63-33-19-18-30-58(63)59-32-20-31-57(65(59)82)54-38-45-64-61(46-54)60-43-44-62-67(84-74(75-62)53-28-16-8-17-29-53)66(60)83(64)56-41-36-52(37-42-56)73-80-70(49-24-12-6-13-25-49)79-71(81-73)50-26-14-7-15-27-50/h3-46,59,65H,2H2,1H3/b4-3-,21-9-/t59-,65?/m1/s1. The van der Waals surface area contributed by atoms with Crippen molar-refractivity contribution in [3.05, 3.63) is 291 Å². The Morgan fingerprint density at radius 1 is 0.488 bits per heavy atom. The molecule has 2 atom stereocenters. The van der Waals surface area contributed by atoms with E-state index >= 15 is 0 Å². The number of nitrogens with zero attached hydrogens (tertiary/aromatic N) is 9. The Morgan fingerprint density at radius 3 is 1.61 bits per heavy atom. The maximum Gasteiger partial charge on any atom is 0.227 e. The fourth-order valence-corrected chi connectivity index (χ4v) is 11.8. The second-order valence-electron chi connectivity index (χ2n) is 20.9. The number of rotatable bonds is 12. The summed E-state index contributed by atoms with van der Waals surface area (Å²) in [6.07, 6.45) is 14.7. The van der Waals surface area contributed by atoms with Gasteiger partial charge < -0.3 is 13.9 Å². The topological polar surface area (TPSA) is 112 Å². The number of oxazole rings is 1. The van der Waals surface area contributed by atoms with Gasteiger partial charge >= 0.3 is 0 Å². The van der Waals surface area contributed by atoms with Crippen molar-refractivity contribution >= 4 is 55.4 Å². The Bertz CT molecular complexity index is 4740. The third-order valence-corrected chi connectivity index (χ3v) is 15.8. The van der Waals surface area contributed by atoms with Gasteiger partial charge in [-0.3, -0.25) is 0 Å². The molecule has 15 rings (SSSR count). The summed E-state index contributed by atoms with van der Waals surface area (Å²) in [5.74, 6) is 4.16. The summed E-state index contributed by atoms with van der Waals surface area (Å²) in [5.41, 5.74) is 16.3. The monoisotopic (exact) mass is 1080 g/mol. The van der Waals surface area contributed by atoms with Gasteiger partial charge in [0.2, 0.25) is 5.89 Å². The van der Waals surface area contributed by atoms with Crippen molar-refractivity contribution in [2.45, 2.75) is 18.9 Å². The van der Waals surface area contributed by atoms with Crippen LogP contribution >= 0.6 is 0 Å². The van der Waals surface area contributed by atoms with E-state index in [2.05, 4.69) is 137 Å². The molecule has 4 aromatic heterocycles. The minimum Gasteiger partial charge on any atom is -0.434 e. The van der Waals surface area contributed by atoms with Crippen molar-refractivity contribution in [3.8, 4) is 74.1 Å². The van der Waals surface area contributed by atoms with E-state index in [1.165, 1.54) is 16.8 Å². The van der Waals surface area contributed by atoms with Gasteiger partial charge in [-0.15, -0.1) is 0 Å². The van der Waals surface area contributed by atoms with Crippen molar-refractivity contribution in [1.82, 2.24) is 39.5 Å². The average molecular weight is 1080 g/mol. The highest BCUT2D eigenvalue weighted by Crippen LogP contribution is 2.52. The summed E-state index contributed by atoms with van der Waals surface area (Å²) in [4.78, 5) is 37.5. The molecule has 9 aromatic carbocycles. The van der Waals surface area contributed by atoms with Gasteiger partial charge in [-0.1, -0.05) is 183 Å². The molecular formula is C74H51N9O. The van der Waals surface area contributed by atoms with Gasteiger partial charge in [-0.05, 0) is 115 Å². The lowest BCUT2D eigenvalue weighted by Gasteiger charge is -2.33. The molecule has 10 heteroatoms. The van der Waals surface area contributed by atoms with E-state index in [0.717, 1.165) is 77.6 Å². The smallest absolute Gasteiger partial charge is 0.227 e. The zero-order valence-corrected chi connectivity index (χ0v) is 45.7. The number of hydrogen-bond donors (Lipinski definition) is 0. The van der Waals surface area contributed by atoms with Crippen LogP contribution in [0.1, 0.15) is 29.8 Å². The Morgan fingerprint density at radius 2 is 1.01 bits per heavy atom. The number of allylic oxidation sites excluding steroid dienone is 7. The SMILES string of the molecule is C=C(/C=C\C=C/C)c1nc(-c2ccccc2)nc(-c2ccc(N3c4ccccc4[C@H]4C=CC=C(c5ccc6c(c5)c5ccc7nc(-c8ccccc8)oc7c5n6-c5ccc(-c6nc(-c7ccccc7)nc(-c7ccccc7)n6)cc5)C43)cc2)n1. The fourth-order valence-electron chi connectivity index (χ4n) is 11.8. The van der Waals surface area contributed by atoms with Gasteiger partial charge in [0.25, 0.3) is 0 Å². The maximum absolute atomic E-state index is 6.86. The predicted octanol–water partition coefficient (Wildman–Crippen LogP) is 17.7. The Hall–Kier alpha value is -11.2. The molecule has 0 bridgehead atoms. The van der Waals surface area contributed by atoms with Gasteiger partial charge in [0.05, 0.1) is 17.1 Å². The van der Waals surface area contributed by atoms with E-state index in [4.69, 9.17) is 39.3 Å². The average Bonchev–Trinajstić information content (AvgIpc) is 1.79. The molecule has 10 nitrogen and oxygen atoms in total. The summed E-state index contributed by atoms with van der Waals surface area (Å²) < 4.78 is 9.17. The van der Waals surface area contributed by atoms with Crippen LogP contribution in [0.25, 0.3) is 118 Å². The fraction of sp³-hybridized carbons (Fsp3) is 0.0405. The van der Waals surface area contributed by atoms with Crippen molar-refractivity contribution in [2.24, 2.45) is 0 Å². The largest absolute Gasteiger partial charge is 0.434 e. The van der Waals surface area contributed by atoms with Gasteiger partial charge in [0, 0.05) is 72.7 Å². The van der Waals surface area contributed by atoms with Crippen molar-refractivity contribution < 1.29 is 4.42 Å². The number of benzene rings is 9. The van der Waals surface area contributed by atoms with E-state index in [-0.39, 0.29) is 12.0 Å². The van der Waals surface area contributed by atoms with Crippen molar-refractivity contribution in [1.29, 1.82) is 0 Å². The summed E-state index contributed by atoms with van der Waals surface area (Å²) in [7, 11) is 0. The summed E-state index contributed by atoms with van der Waals surface area (Å²) in [6, 6.07) is 77.2. The van der Waals surface area contributed by atoms with Crippen LogP contribution in [0.2, 0.25) is 0 Å². The molecule has 398 valence electrons. The van der Waals surface area contributed by atoms with Crippen LogP contribution in [-0.4, -0.2) is 45.5 Å².